The number of likely N-dealkylation sites (tertiary alicyclic amines) is 1. The molecule has 0 unspecified atom stereocenters. The summed E-state index contributed by atoms with van der Waals surface area (Å²) in [7, 11) is 0. The number of halogens is 1. The van der Waals surface area contributed by atoms with Gasteiger partial charge in [0, 0.05) is 56.2 Å². The van der Waals surface area contributed by atoms with Crippen molar-refractivity contribution in [2.45, 2.75) is 37.9 Å². The molecule has 2 aromatic heterocycles. The van der Waals surface area contributed by atoms with Gasteiger partial charge in [-0.05, 0) is 26.2 Å². The Hall–Kier alpha value is -3.08. The predicted molar refractivity (Wildman–Crippen MR) is 124 cm³/mol. The molecule has 3 atom stereocenters. The third-order valence-electron chi connectivity index (χ3n) is 7.50. The molecule has 6 rings (SSSR count). The van der Waals surface area contributed by atoms with E-state index in [1.165, 1.54) is 0 Å². The minimum atomic E-state index is -0.972. The van der Waals surface area contributed by atoms with E-state index < -0.39 is 12.1 Å². The highest BCUT2D eigenvalue weighted by atomic mass is 19.1. The molecule has 2 aromatic rings. The van der Waals surface area contributed by atoms with Crippen LogP contribution in [0.5, 0.6) is 0 Å². The predicted octanol–water partition coefficient (Wildman–Crippen LogP) is 1.06. The van der Waals surface area contributed by atoms with Crippen molar-refractivity contribution < 1.29 is 13.9 Å². The second kappa shape index (κ2) is 8.00. The minimum Gasteiger partial charge on any atom is -0.378 e. The normalized spacial score (nSPS) is 28.4. The van der Waals surface area contributed by atoms with Crippen molar-refractivity contribution in [1.82, 2.24) is 24.8 Å². The first-order valence-corrected chi connectivity index (χ1v) is 11.9. The minimum absolute atomic E-state index is 0.0490. The van der Waals surface area contributed by atoms with Gasteiger partial charge in [-0.15, -0.1) is 0 Å². The van der Waals surface area contributed by atoms with Gasteiger partial charge in [0.2, 0.25) is 17.8 Å². The number of fused-ring (bicyclic) bond motifs is 1. The molecule has 11 heteroatoms. The van der Waals surface area contributed by atoms with Crippen molar-refractivity contribution in [2.24, 2.45) is 5.92 Å². The van der Waals surface area contributed by atoms with Crippen molar-refractivity contribution in [3.8, 4) is 11.3 Å². The summed E-state index contributed by atoms with van der Waals surface area (Å²) in [5, 5.41) is 0. The number of hydrogen-bond acceptors (Lipinski definition) is 9. The zero-order valence-electron chi connectivity index (χ0n) is 19.3. The van der Waals surface area contributed by atoms with Gasteiger partial charge in [-0.2, -0.15) is 4.98 Å². The van der Waals surface area contributed by atoms with Crippen LogP contribution in [0.3, 0.4) is 0 Å². The van der Waals surface area contributed by atoms with E-state index in [0.717, 1.165) is 55.1 Å². The Bertz CT molecular complexity index is 1110. The fourth-order valence-electron chi connectivity index (χ4n) is 5.38. The van der Waals surface area contributed by atoms with E-state index in [-0.39, 0.29) is 17.4 Å². The Kier molecular flexibility index (Phi) is 5.05. The summed E-state index contributed by atoms with van der Waals surface area (Å²) in [6.45, 7) is 6.90. The molecule has 180 valence electrons. The monoisotopic (exact) mass is 468 g/mol. The van der Waals surface area contributed by atoms with E-state index in [1.807, 2.05) is 4.90 Å². The topological polar surface area (TPSA) is 114 Å². The number of hydrogen-bond donors (Lipinski definition) is 1. The number of nitrogens with zero attached hydrogens (tertiary/aromatic N) is 7. The van der Waals surface area contributed by atoms with Gasteiger partial charge in [0.1, 0.15) is 12.0 Å². The van der Waals surface area contributed by atoms with E-state index in [2.05, 4.69) is 26.7 Å². The van der Waals surface area contributed by atoms with Crippen LogP contribution in [-0.2, 0) is 16.0 Å². The molecule has 34 heavy (non-hydrogen) atoms. The van der Waals surface area contributed by atoms with Crippen LogP contribution in [0.1, 0.15) is 25.3 Å². The first-order chi connectivity index (χ1) is 16.4. The third-order valence-corrected chi connectivity index (χ3v) is 7.50. The summed E-state index contributed by atoms with van der Waals surface area (Å²) in [5.74, 6) is 1.29. The number of carbonyl (C=O) groups is 1. The largest absolute Gasteiger partial charge is 0.378 e. The van der Waals surface area contributed by atoms with Gasteiger partial charge in [-0.25, -0.2) is 19.3 Å². The number of alkyl halides is 1. The second-order valence-electron chi connectivity index (χ2n) is 9.87. The molecular weight excluding hydrogens is 439 g/mol. The molecule has 1 aliphatic carbocycles. The molecule has 0 radical (unpaired) electrons. The molecule has 0 spiro atoms. The highest BCUT2D eigenvalue weighted by Gasteiger charge is 2.50. The van der Waals surface area contributed by atoms with Crippen molar-refractivity contribution >= 4 is 23.6 Å². The number of aromatic nitrogens is 4. The van der Waals surface area contributed by atoms with Gasteiger partial charge in [-0.1, -0.05) is 0 Å². The Morgan fingerprint density at radius 3 is 2.62 bits per heavy atom. The zero-order chi connectivity index (χ0) is 23.4. The van der Waals surface area contributed by atoms with Crippen molar-refractivity contribution in [1.29, 1.82) is 0 Å². The maximum atomic E-state index is 13.5. The van der Waals surface area contributed by atoms with Crippen LogP contribution in [0, 0.1) is 5.92 Å². The van der Waals surface area contributed by atoms with Gasteiger partial charge >= 0.3 is 0 Å². The van der Waals surface area contributed by atoms with Gasteiger partial charge in [0.15, 0.2) is 0 Å². The first-order valence-electron chi connectivity index (χ1n) is 11.9. The van der Waals surface area contributed by atoms with Gasteiger partial charge in [0.05, 0.1) is 30.4 Å². The van der Waals surface area contributed by atoms with Crippen LogP contribution in [0.15, 0.2) is 12.4 Å². The summed E-state index contributed by atoms with van der Waals surface area (Å²) in [5.41, 5.74) is 8.13. The summed E-state index contributed by atoms with van der Waals surface area (Å²) < 4.78 is 19.0. The number of anilines is 3. The third kappa shape index (κ3) is 3.62. The Balaban J connectivity index is 1.36. The fourth-order valence-corrected chi connectivity index (χ4v) is 5.38. The number of nitrogens with two attached hydrogens (primary N) is 1. The van der Waals surface area contributed by atoms with Crippen LogP contribution >= 0.6 is 0 Å². The van der Waals surface area contributed by atoms with Gasteiger partial charge in [0.25, 0.3) is 0 Å². The molecule has 2 N–H and O–H groups in total. The molecule has 0 bridgehead atoms. The van der Waals surface area contributed by atoms with E-state index >= 15 is 0 Å². The molecule has 1 amide bonds. The average Bonchev–Trinajstić information content (AvgIpc) is 3.23. The Labute approximate surface area is 197 Å². The maximum absolute atomic E-state index is 13.5. The van der Waals surface area contributed by atoms with Crippen LogP contribution in [0.4, 0.5) is 22.1 Å². The molecule has 2 saturated heterocycles. The number of ether oxygens (including phenoxy) is 1. The van der Waals surface area contributed by atoms with Crippen LogP contribution < -0.4 is 15.5 Å². The fraction of sp³-hybridized carbons (Fsp3) is 0.609. The van der Waals surface area contributed by atoms with Crippen molar-refractivity contribution in [3.05, 3.63) is 18.0 Å². The zero-order valence-corrected chi connectivity index (χ0v) is 19.3. The first kappa shape index (κ1) is 21.5. The SMILES string of the molecule is C[C@]1(N2CCc3c(-c4cnc(N)nc4)nc(N4CCOCC4)nc32)CCN(C(=O)[C@H]2C[C@@H]2F)C1. The van der Waals surface area contributed by atoms with Crippen molar-refractivity contribution in [2.75, 3.05) is 61.5 Å². The van der Waals surface area contributed by atoms with Gasteiger partial charge in [-0.3, -0.25) is 4.79 Å². The highest BCUT2D eigenvalue weighted by Crippen LogP contribution is 2.43. The summed E-state index contributed by atoms with van der Waals surface area (Å²) >= 11 is 0. The number of amides is 1. The molecular formula is C23H29FN8O2. The lowest BCUT2D eigenvalue weighted by Crippen LogP contribution is -2.49. The molecule has 1 saturated carbocycles. The summed E-state index contributed by atoms with van der Waals surface area (Å²) in [6.07, 6.45) is 4.41. The number of morpholine rings is 1. The second-order valence-corrected chi connectivity index (χ2v) is 9.87. The molecule has 0 aromatic carbocycles. The highest BCUT2D eigenvalue weighted by molar-refractivity contribution is 5.83. The van der Waals surface area contributed by atoms with E-state index in [0.29, 0.717) is 38.7 Å². The number of rotatable bonds is 4. The van der Waals surface area contributed by atoms with Crippen molar-refractivity contribution in [3.63, 3.8) is 0 Å². The number of nitrogen functional groups attached to an aromatic ring is 1. The Morgan fingerprint density at radius 2 is 1.91 bits per heavy atom. The molecule has 4 aliphatic rings. The summed E-state index contributed by atoms with van der Waals surface area (Å²) in [4.78, 5) is 37.3. The standard InChI is InChI=1S/C23H29FN8O2/c1-23(3-5-31(13-23)20(33)16-10-17(16)24)32-4-2-15-18(14-11-26-21(25)27-12-14)28-22(29-19(15)32)30-6-8-34-9-7-30/h11-12,16-17H,2-10,13H2,1H3,(H2,25,26,27)/t16-,17-,23-/m0/s1. The lowest BCUT2D eigenvalue weighted by molar-refractivity contribution is -0.132. The molecule has 10 nitrogen and oxygen atoms in total. The molecule has 5 heterocycles. The lowest BCUT2D eigenvalue weighted by atomic mass is 9.99. The molecule has 3 fully saturated rings. The lowest BCUT2D eigenvalue weighted by Gasteiger charge is -2.37. The van der Waals surface area contributed by atoms with E-state index in [9.17, 15) is 9.18 Å². The van der Waals surface area contributed by atoms with E-state index in [4.69, 9.17) is 20.4 Å². The smallest absolute Gasteiger partial charge is 0.228 e. The molecule has 3 aliphatic heterocycles. The van der Waals surface area contributed by atoms with Crippen LogP contribution in [-0.4, -0.2) is 88.4 Å². The quantitative estimate of drug-likeness (QED) is 0.704. The van der Waals surface area contributed by atoms with Gasteiger partial charge < -0.3 is 25.2 Å². The van der Waals surface area contributed by atoms with Crippen LogP contribution in [0.25, 0.3) is 11.3 Å². The van der Waals surface area contributed by atoms with E-state index in [1.54, 1.807) is 12.4 Å². The summed E-state index contributed by atoms with van der Waals surface area (Å²) in [6, 6.07) is 0. The number of carbonyl (C=O) groups excluding carboxylic acids is 1. The van der Waals surface area contributed by atoms with Crippen LogP contribution in [0.2, 0.25) is 0 Å². The maximum Gasteiger partial charge on any atom is 0.228 e. The Morgan fingerprint density at radius 1 is 1.18 bits per heavy atom. The average molecular weight is 469 g/mol.